The number of likely N-dealkylation sites (tertiary alicyclic amines) is 1. The number of nitrogens with zero attached hydrogens (tertiary/aromatic N) is 2. The summed E-state index contributed by atoms with van der Waals surface area (Å²) in [6, 6.07) is 11.8. The third-order valence-corrected chi connectivity index (χ3v) is 5.02. The van der Waals surface area contributed by atoms with Crippen LogP contribution in [0.5, 0.6) is 0 Å². The van der Waals surface area contributed by atoms with Crippen molar-refractivity contribution in [1.82, 2.24) is 15.2 Å². The smallest absolute Gasteiger partial charge is 0.409 e. The number of benzene rings is 1. The highest BCUT2D eigenvalue weighted by atomic mass is 16.6. The third kappa shape index (κ3) is 5.70. The van der Waals surface area contributed by atoms with Gasteiger partial charge in [0.25, 0.3) is 5.91 Å². The minimum absolute atomic E-state index is 0.0445. The fourth-order valence-electron chi connectivity index (χ4n) is 3.26. The molecule has 1 saturated heterocycles. The molecule has 2 N–H and O–H groups in total. The number of nitrogens with one attached hydrogen (secondary N) is 2. The highest BCUT2D eigenvalue weighted by Crippen LogP contribution is 2.17. The lowest BCUT2D eigenvalue weighted by Crippen LogP contribution is -2.46. The Kier molecular flexibility index (Phi) is 7.05. The number of amides is 2. The van der Waals surface area contributed by atoms with Crippen molar-refractivity contribution in [3.05, 3.63) is 53.7 Å². The van der Waals surface area contributed by atoms with Gasteiger partial charge >= 0.3 is 6.09 Å². The monoisotopic (exact) mass is 396 g/mol. The molecule has 2 heterocycles. The average molecular weight is 396 g/mol. The number of carbonyl (C=O) groups is 2. The van der Waals surface area contributed by atoms with Gasteiger partial charge in [-0.3, -0.25) is 4.79 Å². The molecule has 0 unspecified atom stereocenters. The van der Waals surface area contributed by atoms with Crippen molar-refractivity contribution in [1.29, 1.82) is 0 Å². The van der Waals surface area contributed by atoms with E-state index in [-0.39, 0.29) is 18.0 Å². The van der Waals surface area contributed by atoms with Crippen LogP contribution in [0.15, 0.2) is 42.6 Å². The van der Waals surface area contributed by atoms with Gasteiger partial charge in [0, 0.05) is 31.0 Å². The first-order valence-electron chi connectivity index (χ1n) is 10.1. The molecule has 1 fully saturated rings. The second-order valence-electron chi connectivity index (χ2n) is 7.04. The molecule has 7 nitrogen and oxygen atoms in total. The van der Waals surface area contributed by atoms with Crippen LogP contribution in [-0.2, 0) is 11.2 Å². The molecular formula is C22H28N4O3. The summed E-state index contributed by atoms with van der Waals surface area (Å²) in [5.74, 6) is 0.541. The number of pyridine rings is 1. The summed E-state index contributed by atoms with van der Waals surface area (Å²) in [7, 11) is 0. The second-order valence-corrected chi connectivity index (χ2v) is 7.04. The molecule has 0 saturated carbocycles. The summed E-state index contributed by atoms with van der Waals surface area (Å²) in [4.78, 5) is 30.3. The third-order valence-electron chi connectivity index (χ3n) is 5.02. The van der Waals surface area contributed by atoms with Gasteiger partial charge in [0.05, 0.1) is 12.2 Å². The highest BCUT2D eigenvalue weighted by molar-refractivity contribution is 5.94. The van der Waals surface area contributed by atoms with E-state index in [1.54, 1.807) is 30.2 Å². The Balaban J connectivity index is 1.49. The first-order valence-corrected chi connectivity index (χ1v) is 10.1. The molecule has 0 radical (unpaired) electrons. The number of rotatable bonds is 6. The lowest BCUT2D eigenvalue weighted by Gasteiger charge is -2.31. The van der Waals surface area contributed by atoms with Gasteiger partial charge in [-0.25, -0.2) is 9.78 Å². The van der Waals surface area contributed by atoms with Crippen LogP contribution in [-0.4, -0.2) is 47.6 Å². The number of carbonyl (C=O) groups excluding carboxylic acids is 2. The van der Waals surface area contributed by atoms with E-state index in [0.29, 0.717) is 43.9 Å². The molecule has 2 amide bonds. The van der Waals surface area contributed by atoms with Gasteiger partial charge in [-0.15, -0.1) is 0 Å². The largest absolute Gasteiger partial charge is 0.450 e. The van der Waals surface area contributed by atoms with E-state index in [2.05, 4.69) is 34.7 Å². The van der Waals surface area contributed by atoms with Gasteiger partial charge in [0.15, 0.2) is 0 Å². The Labute approximate surface area is 171 Å². The van der Waals surface area contributed by atoms with Crippen LogP contribution in [0.25, 0.3) is 0 Å². The molecule has 7 heteroatoms. The molecule has 29 heavy (non-hydrogen) atoms. The van der Waals surface area contributed by atoms with E-state index >= 15 is 0 Å². The Bertz CT molecular complexity index is 813. The molecule has 2 aromatic rings. The van der Waals surface area contributed by atoms with Crippen molar-refractivity contribution in [2.45, 2.75) is 39.2 Å². The molecular weight excluding hydrogens is 368 g/mol. The van der Waals surface area contributed by atoms with Gasteiger partial charge in [0.2, 0.25) is 0 Å². The van der Waals surface area contributed by atoms with Crippen molar-refractivity contribution in [2.24, 2.45) is 0 Å². The summed E-state index contributed by atoms with van der Waals surface area (Å²) >= 11 is 0. The Morgan fingerprint density at radius 3 is 2.41 bits per heavy atom. The fourth-order valence-corrected chi connectivity index (χ4v) is 3.26. The first kappa shape index (κ1) is 20.6. The van der Waals surface area contributed by atoms with E-state index in [1.807, 2.05) is 12.1 Å². The van der Waals surface area contributed by atoms with E-state index in [1.165, 1.54) is 5.56 Å². The summed E-state index contributed by atoms with van der Waals surface area (Å²) in [6.07, 6.45) is 3.72. The molecule has 0 atom stereocenters. The van der Waals surface area contributed by atoms with Crippen LogP contribution >= 0.6 is 0 Å². The Hall–Kier alpha value is -3.09. The quantitative estimate of drug-likeness (QED) is 0.777. The molecule has 0 aliphatic carbocycles. The second kappa shape index (κ2) is 9.91. The maximum Gasteiger partial charge on any atom is 0.409 e. The zero-order valence-electron chi connectivity index (χ0n) is 17.0. The molecule has 0 spiro atoms. The number of aryl methyl sites for hydroxylation is 1. The highest BCUT2D eigenvalue weighted by Gasteiger charge is 2.24. The van der Waals surface area contributed by atoms with Gasteiger partial charge in [-0.2, -0.15) is 0 Å². The molecule has 1 aromatic carbocycles. The SMILES string of the molecule is CCOC(=O)N1CCC(NC(=O)c2ccc(Nc3ccc(CC)cc3)nc2)CC1. The van der Waals surface area contributed by atoms with E-state index in [0.717, 1.165) is 12.1 Å². The minimum atomic E-state index is -0.283. The standard InChI is InChI=1S/C22H28N4O3/c1-3-16-5-8-18(9-6-16)24-20-10-7-17(15-23-20)21(27)25-19-11-13-26(14-12-19)22(28)29-4-2/h5-10,15,19H,3-4,11-14H2,1-2H3,(H,23,24)(H,25,27). The number of hydrogen-bond donors (Lipinski definition) is 2. The number of ether oxygens (including phenoxy) is 1. The van der Waals surface area contributed by atoms with Crippen LogP contribution < -0.4 is 10.6 Å². The number of hydrogen-bond acceptors (Lipinski definition) is 5. The summed E-state index contributed by atoms with van der Waals surface area (Å²) < 4.78 is 5.02. The molecule has 0 bridgehead atoms. The topological polar surface area (TPSA) is 83.6 Å². The van der Waals surface area contributed by atoms with Gasteiger partial charge in [-0.05, 0) is 56.0 Å². The van der Waals surface area contributed by atoms with Crippen molar-refractivity contribution in [3.63, 3.8) is 0 Å². The van der Waals surface area contributed by atoms with Crippen molar-refractivity contribution >= 4 is 23.5 Å². The van der Waals surface area contributed by atoms with E-state index in [4.69, 9.17) is 4.74 Å². The van der Waals surface area contributed by atoms with Crippen LogP contribution in [0.4, 0.5) is 16.3 Å². The van der Waals surface area contributed by atoms with Gasteiger partial charge in [-0.1, -0.05) is 19.1 Å². The maximum atomic E-state index is 12.5. The predicted molar refractivity (Wildman–Crippen MR) is 112 cm³/mol. The van der Waals surface area contributed by atoms with Crippen LogP contribution in [0.1, 0.15) is 42.6 Å². The molecule has 1 aliphatic rings. The zero-order valence-corrected chi connectivity index (χ0v) is 17.0. The van der Waals surface area contributed by atoms with Crippen LogP contribution in [0.2, 0.25) is 0 Å². The Morgan fingerprint density at radius 2 is 1.83 bits per heavy atom. The molecule has 3 rings (SSSR count). The lowest BCUT2D eigenvalue weighted by molar-refractivity contribution is 0.0860. The van der Waals surface area contributed by atoms with E-state index in [9.17, 15) is 9.59 Å². The van der Waals surface area contributed by atoms with Crippen LogP contribution in [0, 0.1) is 0 Å². The summed E-state index contributed by atoms with van der Waals surface area (Å²) in [5, 5.41) is 6.27. The number of anilines is 2. The van der Waals surface area contributed by atoms with Gasteiger partial charge < -0.3 is 20.3 Å². The fraction of sp³-hybridized carbons (Fsp3) is 0.409. The number of piperidine rings is 1. The predicted octanol–water partition coefficient (Wildman–Crippen LogP) is 3.74. The van der Waals surface area contributed by atoms with Crippen molar-refractivity contribution in [2.75, 3.05) is 25.0 Å². The summed E-state index contributed by atoms with van der Waals surface area (Å²) in [6.45, 7) is 5.46. The van der Waals surface area contributed by atoms with Gasteiger partial charge in [0.1, 0.15) is 5.82 Å². The molecule has 1 aliphatic heterocycles. The van der Waals surface area contributed by atoms with Crippen LogP contribution in [0.3, 0.4) is 0 Å². The summed E-state index contributed by atoms with van der Waals surface area (Å²) in [5.41, 5.74) is 2.76. The first-order chi connectivity index (χ1) is 14.1. The number of aromatic nitrogens is 1. The maximum absolute atomic E-state index is 12.5. The lowest BCUT2D eigenvalue weighted by atomic mass is 10.0. The normalized spacial score (nSPS) is 14.3. The average Bonchev–Trinajstić information content (AvgIpc) is 2.75. The van der Waals surface area contributed by atoms with E-state index < -0.39 is 0 Å². The van der Waals surface area contributed by atoms with Crippen molar-refractivity contribution in [3.8, 4) is 0 Å². The minimum Gasteiger partial charge on any atom is -0.450 e. The zero-order chi connectivity index (χ0) is 20.6. The molecule has 1 aromatic heterocycles. The van der Waals surface area contributed by atoms with Crippen molar-refractivity contribution < 1.29 is 14.3 Å². The molecule has 154 valence electrons. The Morgan fingerprint density at radius 1 is 1.10 bits per heavy atom.